The van der Waals surface area contributed by atoms with E-state index in [1.54, 1.807) is 18.5 Å². The van der Waals surface area contributed by atoms with Crippen molar-refractivity contribution in [3.63, 3.8) is 0 Å². The van der Waals surface area contributed by atoms with Crippen molar-refractivity contribution >= 4 is 5.69 Å². The standard InChI is InChI=1S/C14H18N4O2/c1-2-12(15)7-13-9-17(10-16-13)8-11-3-5-14(6-4-11)18(19)20/h3-6,9-10,12H,2,7-8,15H2,1H3. The van der Waals surface area contributed by atoms with Crippen LogP contribution < -0.4 is 5.73 Å². The maximum atomic E-state index is 10.6. The first-order chi connectivity index (χ1) is 9.58. The van der Waals surface area contributed by atoms with Crippen molar-refractivity contribution in [3.8, 4) is 0 Å². The highest BCUT2D eigenvalue weighted by Crippen LogP contribution is 2.13. The van der Waals surface area contributed by atoms with Crippen LogP contribution in [0, 0.1) is 10.1 Å². The van der Waals surface area contributed by atoms with E-state index < -0.39 is 4.92 Å². The summed E-state index contributed by atoms with van der Waals surface area (Å²) < 4.78 is 1.96. The second-order valence-electron chi connectivity index (χ2n) is 4.83. The van der Waals surface area contributed by atoms with Crippen LogP contribution in [-0.4, -0.2) is 20.5 Å². The normalized spacial score (nSPS) is 12.3. The Bertz CT molecular complexity index is 577. The van der Waals surface area contributed by atoms with E-state index in [1.807, 2.05) is 10.8 Å². The van der Waals surface area contributed by atoms with Gasteiger partial charge in [0.05, 0.1) is 16.9 Å². The molecule has 1 aromatic carbocycles. The molecule has 1 unspecified atom stereocenters. The van der Waals surface area contributed by atoms with Gasteiger partial charge in [-0.15, -0.1) is 0 Å². The zero-order chi connectivity index (χ0) is 14.5. The summed E-state index contributed by atoms with van der Waals surface area (Å²) in [6, 6.07) is 6.68. The summed E-state index contributed by atoms with van der Waals surface area (Å²) in [5.74, 6) is 0. The lowest BCUT2D eigenvalue weighted by Crippen LogP contribution is -2.21. The van der Waals surface area contributed by atoms with Crippen LogP contribution in [0.5, 0.6) is 0 Å². The number of nitro benzene ring substituents is 1. The van der Waals surface area contributed by atoms with Crippen molar-refractivity contribution in [1.82, 2.24) is 9.55 Å². The minimum absolute atomic E-state index is 0.106. The molecule has 0 aliphatic heterocycles. The van der Waals surface area contributed by atoms with Crippen LogP contribution in [0.3, 0.4) is 0 Å². The SMILES string of the molecule is CCC(N)Cc1cn(Cc2ccc([N+](=O)[O-])cc2)cn1. The molecule has 0 bridgehead atoms. The highest BCUT2D eigenvalue weighted by molar-refractivity contribution is 5.33. The van der Waals surface area contributed by atoms with Crippen molar-refractivity contribution < 1.29 is 4.92 Å². The number of hydrogen-bond donors (Lipinski definition) is 1. The van der Waals surface area contributed by atoms with E-state index >= 15 is 0 Å². The zero-order valence-corrected chi connectivity index (χ0v) is 11.4. The van der Waals surface area contributed by atoms with Gasteiger partial charge in [-0.3, -0.25) is 10.1 Å². The Morgan fingerprint density at radius 2 is 2.10 bits per heavy atom. The molecule has 6 heteroatoms. The van der Waals surface area contributed by atoms with Gasteiger partial charge in [0.15, 0.2) is 0 Å². The summed E-state index contributed by atoms with van der Waals surface area (Å²) in [6.07, 6.45) is 5.43. The van der Waals surface area contributed by atoms with Crippen LogP contribution in [-0.2, 0) is 13.0 Å². The Kier molecular flexibility index (Phi) is 4.47. The number of aromatic nitrogens is 2. The first-order valence-electron chi connectivity index (χ1n) is 6.58. The molecule has 2 N–H and O–H groups in total. The highest BCUT2D eigenvalue weighted by atomic mass is 16.6. The van der Waals surface area contributed by atoms with E-state index in [4.69, 9.17) is 5.73 Å². The fraction of sp³-hybridized carbons (Fsp3) is 0.357. The van der Waals surface area contributed by atoms with Crippen molar-refractivity contribution in [2.75, 3.05) is 0 Å². The molecule has 0 fully saturated rings. The Balaban J connectivity index is 2.01. The third-order valence-corrected chi connectivity index (χ3v) is 3.19. The molecule has 2 aromatic rings. The predicted molar refractivity (Wildman–Crippen MR) is 76.4 cm³/mol. The zero-order valence-electron chi connectivity index (χ0n) is 11.4. The van der Waals surface area contributed by atoms with Gasteiger partial charge in [0, 0.05) is 37.3 Å². The quantitative estimate of drug-likeness (QED) is 0.645. The maximum Gasteiger partial charge on any atom is 0.269 e. The number of rotatable bonds is 6. The second kappa shape index (κ2) is 6.29. The summed E-state index contributed by atoms with van der Waals surface area (Å²) >= 11 is 0. The first-order valence-corrected chi connectivity index (χ1v) is 6.58. The summed E-state index contributed by atoms with van der Waals surface area (Å²) in [5.41, 5.74) is 7.98. The molecular weight excluding hydrogens is 256 g/mol. The largest absolute Gasteiger partial charge is 0.333 e. The summed E-state index contributed by atoms with van der Waals surface area (Å²) in [4.78, 5) is 14.5. The van der Waals surface area contributed by atoms with Crippen molar-refractivity contribution in [2.45, 2.75) is 32.4 Å². The van der Waals surface area contributed by atoms with Gasteiger partial charge in [-0.25, -0.2) is 4.98 Å². The Hall–Kier alpha value is -2.21. The lowest BCUT2D eigenvalue weighted by Gasteiger charge is -2.05. The number of nitrogens with two attached hydrogens (primary N) is 1. The minimum Gasteiger partial charge on any atom is -0.333 e. The van der Waals surface area contributed by atoms with Gasteiger partial charge in [-0.2, -0.15) is 0 Å². The number of nitrogens with zero attached hydrogens (tertiary/aromatic N) is 3. The maximum absolute atomic E-state index is 10.6. The van der Waals surface area contributed by atoms with Crippen LogP contribution in [0.1, 0.15) is 24.6 Å². The number of benzene rings is 1. The molecule has 0 saturated carbocycles. The Labute approximate surface area is 117 Å². The van der Waals surface area contributed by atoms with Gasteiger partial charge < -0.3 is 10.3 Å². The van der Waals surface area contributed by atoms with Crippen LogP contribution >= 0.6 is 0 Å². The average molecular weight is 274 g/mol. The molecule has 106 valence electrons. The molecular formula is C14H18N4O2. The third kappa shape index (κ3) is 3.64. The predicted octanol–water partition coefficient (Wildman–Crippen LogP) is 2.12. The Morgan fingerprint density at radius 1 is 1.40 bits per heavy atom. The molecule has 0 amide bonds. The highest BCUT2D eigenvalue weighted by Gasteiger charge is 2.06. The molecule has 0 saturated heterocycles. The van der Waals surface area contributed by atoms with Crippen LogP contribution in [0.25, 0.3) is 0 Å². The van der Waals surface area contributed by atoms with Crippen LogP contribution in [0.15, 0.2) is 36.8 Å². The monoisotopic (exact) mass is 274 g/mol. The summed E-state index contributed by atoms with van der Waals surface area (Å²) in [5, 5.41) is 10.6. The first kappa shape index (κ1) is 14.2. The van der Waals surface area contributed by atoms with Crippen molar-refractivity contribution in [1.29, 1.82) is 0 Å². The van der Waals surface area contributed by atoms with Gasteiger partial charge >= 0.3 is 0 Å². The van der Waals surface area contributed by atoms with Crippen molar-refractivity contribution in [2.24, 2.45) is 5.73 Å². The molecule has 20 heavy (non-hydrogen) atoms. The van der Waals surface area contributed by atoms with Crippen molar-refractivity contribution in [3.05, 3.63) is 58.2 Å². The molecule has 0 radical (unpaired) electrons. The lowest BCUT2D eigenvalue weighted by molar-refractivity contribution is -0.384. The van der Waals surface area contributed by atoms with Gasteiger partial charge in [0.2, 0.25) is 0 Å². The Morgan fingerprint density at radius 3 is 2.70 bits per heavy atom. The van der Waals surface area contributed by atoms with E-state index in [1.165, 1.54) is 12.1 Å². The fourth-order valence-electron chi connectivity index (χ4n) is 1.95. The number of imidazole rings is 1. The van der Waals surface area contributed by atoms with Gasteiger partial charge in [0.1, 0.15) is 0 Å². The van der Waals surface area contributed by atoms with E-state index in [0.717, 1.165) is 24.1 Å². The second-order valence-corrected chi connectivity index (χ2v) is 4.83. The summed E-state index contributed by atoms with van der Waals surface area (Å²) in [7, 11) is 0. The number of hydrogen-bond acceptors (Lipinski definition) is 4. The van der Waals surface area contributed by atoms with E-state index in [2.05, 4.69) is 11.9 Å². The van der Waals surface area contributed by atoms with Crippen LogP contribution in [0.4, 0.5) is 5.69 Å². The average Bonchev–Trinajstić information content (AvgIpc) is 2.86. The molecule has 0 spiro atoms. The molecule has 0 aliphatic carbocycles. The van der Waals surface area contributed by atoms with E-state index in [9.17, 15) is 10.1 Å². The smallest absolute Gasteiger partial charge is 0.269 e. The number of nitro groups is 1. The third-order valence-electron chi connectivity index (χ3n) is 3.19. The number of non-ortho nitro benzene ring substituents is 1. The van der Waals surface area contributed by atoms with E-state index in [-0.39, 0.29) is 11.7 Å². The molecule has 6 nitrogen and oxygen atoms in total. The molecule has 1 aromatic heterocycles. The van der Waals surface area contributed by atoms with E-state index in [0.29, 0.717) is 6.54 Å². The fourth-order valence-corrected chi connectivity index (χ4v) is 1.95. The van der Waals surface area contributed by atoms with Gasteiger partial charge in [0.25, 0.3) is 5.69 Å². The summed E-state index contributed by atoms with van der Waals surface area (Å²) in [6.45, 7) is 2.70. The molecule has 1 heterocycles. The topological polar surface area (TPSA) is 87.0 Å². The molecule has 1 atom stereocenters. The lowest BCUT2D eigenvalue weighted by atomic mass is 10.1. The minimum atomic E-state index is -0.398. The van der Waals surface area contributed by atoms with Gasteiger partial charge in [-0.1, -0.05) is 19.1 Å². The molecule has 2 rings (SSSR count). The van der Waals surface area contributed by atoms with Crippen LogP contribution in [0.2, 0.25) is 0 Å². The molecule has 0 aliphatic rings. The van der Waals surface area contributed by atoms with Gasteiger partial charge in [-0.05, 0) is 12.0 Å².